The molecular weight excluding hydrogens is 372 g/mol. The van der Waals surface area contributed by atoms with Crippen molar-refractivity contribution in [2.75, 3.05) is 13.1 Å². The van der Waals surface area contributed by atoms with Gasteiger partial charge in [-0.25, -0.2) is 18.6 Å². The number of carboxylic acids is 1. The van der Waals surface area contributed by atoms with Crippen LogP contribution >= 0.6 is 0 Å². The van der Waals surface area contributed by atoms with Gasteiger partial charge in [-0.2, -0.15) is 0 Å². The van der Waals surface area contributed by atoms with Crippen molar-refractivity contribution in [2.45, 2.75) is 19.0 Å². The van der Waals surface area contributed by atoms with E-state index in [1.807, 2.05) is 0 Å². The van der Waals surface area contributed by atoms with Crippen LogP contribution in [-0.2, 0) is 4.79 Å². The second-order valence-electron chi connectivity index (χ2n) is 6.76. The van der Waals surface area contributed by atoms with Crippen LogP contribution in [0.4, 0.5) is 8.78 Å². The Hall–Kier alpha value is -3.36. The van der Waals surface area contributed by atoms with Gasteiger partial charge in [0, 0.05) is 18.5 Å². The summed E-state index contributed by atoms with van der Waals surface area (Å²) in [4.78, 5) is 29.7. The lowest BCUT2D eigenvalue weighted by Gasteiger charge is -2.18. The number of carboxylic acid groups (broad SMARTS) is 1. The first-order valence-corrected chi connectivity index (χ1v) is 8.53. The van der Waals surface area contributed by atoms with Crippen LogP contribution in [0.2, 0.25) is 0 Å². The van der Waals surface area contributed by atoms with Crippen LogP contribution in [-0.4, -0.2) is 50.8 Å². The van der Waals surface area contributed by atoms with E-state index in [1.54, 1.807) is 6.92 Å². The summed E-state index contributed by atoms with van der Waals surface area (Å²) in [5, 5.41) is 13.3. The molecule has 1 amide bonds. The molecule has 1 aromatic carbocycles. The maximum atomic E-state index is 14.4. The highest BCUT2D eigenvalue weighted by Crippen LogP contribution is 2.31. The molecule has 3 heterocycles. The number of amides is 1. The number of likely N-dealkylation sites (tertiary alicyclic amines) is 1. The highest BCUT2D eigenvalue weighted by molar-refractivity contribution is 6.07. The third kappa shape index (κ3) is 2.88. The molecule has 0 spiro atoms. The van der Waals surface area contributed by atoms with Gasteiger partial charge in [0.1, 0.15) is 5.82 Å². The van der Waals surface area contributed by atoms with E-state index in [4.69, 9.17) is 9.63 Å². The Morgan fingerprint density at radius 3 is 2.64 bits per heavy atom. The lowest BCUT2D eigenvalue weighted by molar-refractivity contribution is -0.149. The molecule has 1 unspecified atom stereocenters. The fraction of sp³-hybridized carbons (Fsp3) is 0.263. The zero-order valence-electron chi connectivity index (χ0n) is 14.8. The van der Waals surface area contributed by atoms with Crippen molar-refractivity contribution < 1.29 is 28.0 Å². The number of nitrogens with zero attached hydrogens (tertiary/aromatic N) is 3. The Morgan fingerprint density at radius 1 is 1.29 bits per heavy atom. The number of aliphatic carboxylic acids is 1. The van der Waals surface area contributed by atoms with Crippen LogP contribution in [0.1, 0.15) is 22.5 Å². The first-order chi connectivity index (χ1) is 13.3. The van der Waals surface area contributed by atoms with E-state index in [0.717, 1.165) is 4.90 Å². The zero-order valence-corrected chi connectivity index (χ0v) is 14.8. The number of alkyl halides is 1. The van der Waals surface area contributed by atoms with Crippen molar-refractivity contribution >= 4 is 23.0 Å². The third-order valence-electron chi connectivity index (χ3n) is 4.88. The number of carbonyl (C=O) groups excluding carboxylic acids is 1. The molecule has 1 atom stereocenters. The average molecular weight is 387 g/mol. The van der Waals surface area contributed by atoms with Crippen LogP contribution in [0.5, 0.6) is 0 Å². The Kier molecular flexibility index (Phi) is 4.10. The van der Waals surface area contributed by atoms with E-state index in [0.29, 0.717) is 22.3 Å². The molecule has 0 bridgehead atoms. The van der Waals surface area contributed by atoms with Crippen LogP contribution in [0.3, 0.4) is 0 Å². The molecule has 9 heteroatoms. The standard InChI is InChI=1S/C19H15F2N3O4/c1-10-15-13(17(25)24-7-6-19(21,9-24)18(26)27)8-14(22-16(15)28-23-10)11-2-4-12(20)5-3-11/h2-5,8H,6-7,9H2,1H3,(H,26,27). The van der Waals surface area contributed by atoms with Gasteiger partial charge >= 0.3 is 5.97 Å². The number of carbonyl (C=O) groups is 2. The molecule has 2 aromatic heterocycles. The van der Waals surface area contributed by atoms with E-state index in [1.165, 1.54) is 30.3 Å². The van der Waals surface area contributed by atoms with Gasteiger partial charge in [-0.05, 0) is 37.3 Å². The van der Waals surface area contributed by atoms with Crippen molar-refractivity contribution in [1.82, 2.24) is 15.0 Å². The number of halogens is 2. The predicted octanol–water partition coefficient (Wildman–Crippen LogP) is 2.98. The Balaban J connectivity index is 1.79. The third-order valence-corrected chi connectivity index (χ3v) is 4.88. The minimum Gasteiger partial charge on any atom is -0.479 e. The molecule has 1 N–H and O–H groups in total. The van der Waals surface area contributed by atoms with Crippen molar-refractivity contribution in [3.05, 3.63) is 47.4 Å². The van der Waals surface area contributed by atoms with Crippen molar-refractivity contribution in [3.8, 4) is 11.3 Å². The first-order valence-electron chi connectivity index (χ1n) is 8.53. The molecule has 3 aromatic rings. The van der Waals surface area contributed by atoms with Crippen LogP contribution < -0.4 is 0 Å². The van der Waals surface area contributed by atoms with Crippen LogP contribution in [0.15, 0.2) is 34.9 Å². The molecule has 0 aliphatic carbocycles. The number of benzene rings is 1. The predicted molar refractivity (Wildman–Crippen MR) is 93.9 cm³/mol. The lowest BCUT2D eigenvalue weighted by atomic mass is 10.0. The number of hydrogen-bond donors (Lipinski definition) is 1. The molecule has 7 nitrogen and oxygen atoms in total. The maximum Gasteiger partial charge on any atom is 0.343 e. The quantitative estimate of drug-likeness (QED) is 0.742. The topological polar surface area (TPSA) is 96.5 Å². The summed E-state index contributed by atoms with van der Waals surface area (Å²) in [5.74, 6) is -2.54. The van der Waals surface area contributed by atoms with E-state index in [-0.39, 0.29) is 24.2 Å². The van der Waals surface area contributed by atoms with Crippen molar-refractivity contribution in [3.63, 3.8) is 0 Å². The van der Waals surface area contributed by atoms with Gasteiger partial charge in [0.2, 0.25) is 5.67 Å². The zero-order chi connectivity index (χ0) is 20.1. The van der Waals surface area contributed by atoms with Gasteiger partial charge in [0.25, 0.3) is 11.6 Å². The molecule has 1 fully saturated rings. The van der Waals surface area contributed by atoms with Gasteiger partial charge < -0.3 is 14.5 Å². The van der Waals surface area contributed by atoms with Crippen LogP contribution in [0.25, 0.3) is 22.4 Å². The summed E-state index contributed by atoms with van der Waals surface area (Å²) in [6, 6.07) is 7.04. The summed E-state index contributed by atoms with van der Waals surface area (Å²) in [7, 11) is 0. The fourth-order valence-electron chi connectivity index (χ4n) is 3.32. The van der Waals surface area contributed by atoms with Crippen molar-refractivity contribution in [2.24, 2.45) is 0 Å². The van der Waals surface area contributed by atoms with E-state index in [9.17, 15) is 18.4 Å². The minimum atomic E-state index is -2.47. The van der Waals surface area contributed by atoms with Gasteiger partial charge in [-0.1, -0.05) is 5.16 Å². The van der Waals surface area contributed by atoms with E-state index in [2.05, 4.69) is 10.1 Å². The number of hydrogen-bond acceptors (Lipinski definition) is 5. The summed E-state index contributed by atoms with van der Waals surface area (Å²) in [6.07, 6.45) is -0.282. The summed E-state index contributed by atoms with van der Waals surface area (Å²) >= 11 is 0. The Morgan fingerprint density at radius 2 is 2.00 bits per heavy atom. The molecule has 1 saturated heterocycles. The number of fused-ring (bicyclic) bond motifs is 1. The van der Waals surface area contributed by atoms with Gasteiger partial charge in [0.05, 0.1) is 28.9 Å². The van der Waals surface area contributed by atoms with Gasteiger partial charge in [-0.15, -0.1) is 0 Å². The smallest absolute Gasteiger partial charge is 0.343 e. The maximum absolute atomic E-state index is 14.4. The Bertz CT molecular complexity index is 1100. The highest BCUT2D eigenvalue weighted by atomic mass is 19.1. The Labute approximate surface area is 157 Å². The van der Waals surface area contributed by atoms with E-state index >= 15 is 0 Å². The van der Waals surface area contributed by atoms with E-state index < -0.39 is 29.9 Å². The van der Waals surface area contributed by atoms with Gasteiger partial charge in [-0.3, -0.25) is 4.79 Å². The van der Waals surface area contributed by atoms with Crippen molar-refractivity contribution in [1.29, 1.82) is 0 Å². The molecular formula is C19H15F2N3O4. The second-order valence-corrected chi connectivity index (χ2v) is 6.76. The van der Waals surface area contributed by atoms with Gasteiger partial charge in [0.15, 0.2) is 0 Å². The summed E-state index contributed by atoms with van der Waals surface area (Å²) in [6.45, 7) is 1.07. The number of rotatable bonds is 3. The van der Waals surface area contributed by atoms with Crippen LogP contribution in [0, 0.1) is 12.7 Å². The molecule has 28 heavy (non-hydrogen) atoms. The molecule has 1 aliphatic rings. The molecule has 144 valence electrons. The number of pyridine rings is 1. The average Bonchev–Trinajstić information content (AvgIpc) is 3.25. The monoisotopic (exact) mass is 387 g/mol. The summed E-state index contributed by atoms with van der Waals surface area (Å²) in [5.41, 5.74) is -0.829. The fourth-order valence-corrected chi connectivity index (χ4v) is 3.32. The number of aromatic nitrogens is 2. The molecule has 0 radical (unpaired) electrons. The lowest BCUT2D eigenvalue weighted by Crippen LogP contribution is -2.39. The SMILES string of the molecule is Cc1noc2nc(-c3ccc(F)cc3)cc(C(=O)N3CCC(F)(C(=O)O)C3)c12. The molecule has 0 saturated carbocycles. The first kappa shape index (κ1) is 18.0. The number of aryl methyl sites for hydroxylation is 1. The minimum absolute atomic E-state index is 0.0261. The molecule has 4 rings (SSSR count). The largest absolute Gasteiger partial charge is 0.479 e. The highest BCUT2D eigenvalue weighted by Gasteiger charge is 2.47. The summed E-state index contributed by atoms with van der Waals surface area (Å²) < 4.78 is 32.8. The normalized spacial score (nSPS) is 19.3. The molecule has 1 aliphatic heterocycles. The second kappa shape index (κ2) is 6.36.